The van der Waals surface area contributed by atoms with Crippen molar-refractivity contribution in [2.75, 3.05) is 13.1 Å². The SMILES string of the molecule is CCN(CC)C(=O)C=Cc1cccc(Cl)c1Cl. The predicted octanol–water partition coefficient (Wildman–Crippen LogP) is 3.88. The first kappa shape index (κ1) is 14.1. The van der Waals surface area contributed by atoms with Crippen LogP contribution in [0.15, 0.2) is 24.3 Å². The van der Waals surface area contributed by atoms with Gasteiger partial charge in [0.15, 0.2) is 0 Å². The van der Waals surface area contributed by atoms with Crippen LogP contribution in [0, 0.1) is 0 Å². The summed E-state index contributed by atoms with van der Waals surface area (Å²) in [5.41, 5.74) is 0.750. The second kappa shape index (κ2) is 6.67. The molecule has 0 aliphatic rings. The number of hydrogen-bond donors (Lipinski definition) is 0. The predicted molar refractivity (Wildman–Crippen MR) is 73.4 cm³/mol. The number of nitrogens with zero attached hydrogens (tertiary/aromatic N) is 1. The molecule has 2 nitrogen and oxygen atoms in total. The van der Waals surface area contributed by atoms with Crippen molar-refractivity contribution in [3.8, 4) is 0 Å². The summed E-state index contributed by atoms with van der Waals surface area (Å²) in [6.45, 7) is 5.29. The highest BCUT2D eigenvalue weighted by molar-refractivity contribution is 6.42. The van der Waals surface area contributed by atoms with E-state index in [1.165, 1.54) is 6.08 Å². The highest BCUT2D eigenvalue weighted by Gasteiger charge is 2.06. The van der Waals surface area contributed by atoms with Crippen LogP contribution < -0.4 is 0 Å². The number of likely N-dealkylation sites (N-methyl/N-ethyl adjacent to an activating group) is 1. The normalized spacial score (nSPS) is 10.8. The first-order chi connectivity index (χ1) is 8.10. The maximum absolute atomic E-state index is 11.7. The molecule has 0 unspecified atom stereocenters. The van der Waals surface area contributed by atoms with Gasteiger partial charge in [0.2, 0.25) is 5.91 Å². The van der Waals surface area contributed by atoms with Gasteiger partial charge in [0, 0.05) is 19.2 Å². The molecule has 1 amide bonds. The summed E-state index contributed by atoms with van der Waals surface area (Å²) in [6, 6.07) is 5.34. The lowest BCUT2D eigenvalue weighted by Gasteiger charge is -2.15. The quantitative estimate of drug-likeness (QED) is 0.762. The molecular formula is C13H15Cl2NO. The van der Waals surface area contributed by atoms with Gasteiger partial charge in [0.05, 0.1) is 10.0 Å². The van der Waals surface area contributed by atoms with E-state index < -0.39 is 0 Å². The Hall–Kier alpha value is -0.990. The van der Waals surface area contributed by atoms with E-state index in [0.717, 1.165) is 5.56 Å². The first-order valence-electron chi connectivity index (χ1n) is 5.51. The molecule has 0 aliphatic heterocycles. The topological polar surface area (TPSA) is 20.3 Å². The van der Waals surface area contributed by atoms with Gasteiger partial charge in [-0.15, -0.1) is 0 Å². The molecule has 0 spiro atoms. The molecule has 0 aromatic heterocycles. The Morgan fingerprint density at radius 2 is 1.94 bits per heavy atom. The molecule has 1 aromatic rings. The molecule has 0 bridgehead atoms. The van der Waals surface area contributed by atoms with Gasteiger partial charge < -0.3 is 4.90 Å². The fourth-order valence-electron chi connectivity index (χ4n) is 1.45. The summed E-state index contributed by atoms with van der Waals surface area (Å²) >= 11 is 11.9. The Balaban J connectivity index is 2.84. The molecule has 0 saturated heterocycles. The number of hydrogen-bond acceptors (Lipinski definition) is 1. The molecule has 0 heterocycles. The molecule has 0 N–H and O–H groups in total. The van der Waals surface area contributed by atoms with Crippen LogP contribution in [0.1, 0.15) is 19.4 Å². The molecule has 0 radical (unpaired) electrons. The monoisotopic (exact) mass is 271 g/mol. The average Bonchev–Trinajstić information content (AvgIpc) is 2.32. The van der Waals surface area contributed by atoms with Crippen molar-refractivity contribution < 1.29 is 4.79 Å². The third-order valence-electron chi connectivity index (χ3n) is 2.46. The van der Waals surface area contributed by atoms with Gasteiger partial charge in [-0.05, 0) is 31.6 Å². The Morgan fingerprint density at radius 3 is 2.53 bits per heavy atom. The van der Waals surface area contributed by atoms with E-state index in [4.69, 9.17) is 23.2 Å². The van der Waals surface area contributed by atoms with Crippen LogP contribution in [0.2, 0.25) is 10.0 Å². The second-order valence-electron chi connectivity index (χ2n) is 3.49. The second-order valence-corrected chi connectivity index (χ2v) is 4.27. The van der Waals surface area contributed by atoms with Crippen LogP contribution in [0.25, 0.3) is 6.08 Å². The lowest BCUT2D eigenvalue weighted by atomic mass is 10.2. The number of benzene rings is 1. The minimum atomic E-state index is -0.0222. The summed E-state index contributed by atoms with van der Waals surface area (Å²) in [7, 11) is 0. The van der Waals surface area contributed by atoms with Crippen LogP contribution in [-0.2, 0) is 4.79 Å². The fourth-order valence-corrected chi connectivity index (χ4v) is 1.82. The van der Waals surface area contributed by atoms with E-state index in [-0.39, 0.29) is 5.91 Å². The fraction of sp³-hybridized carbons (Fsp3) is 0.308. The number of amides is 1. The minimum absolute atomic E-state index is 0.0222. The molecule has 4 heteroatoms. The van der Waals surface area contributed by atoms with Crippen LogP contribution in [-0.4, -0.2) is 23.9 Å². The zero-order valence-corrected chi connectivity index (χ0v) is 11.4. The molecule has 1 rings (SSSR count). The summed E-state index contributed by atoms with van der Waals surface area (Å²) in [4.78, 5) is 13.5. The van der Waals surface area contributed by atoms with Gasteiger partial charge >= 0.3 is 0 Å². The van der Waals surface area contributed by atoms with E-state index in [2.05, 4.69) is 0 Å². The number of rotatable bonds is 4. The molecule has 1 aromatic carbocycles. The van der Waals surface area contributed by atoms with Crippen molar-refractivity contribution in [1.29, 1.82) is 0 Å². The van der Waals surface area contributed by atoms with Crippen molar-refractivity contribution in [1.82, 2.24) is 4.90 Å². The molecule has 17 heavy (non-hydrogen) atoms. The summed E-state index contributed by atoms with van der Waals surface area (Å²) < 4.78 is 0. The largest absolute Gasteiger partial charge is 0.340 e. The Kier molecular flexibility index (Phi) is 5.52. The van der Waals surface area contributed by atoms with Gasteiger partial charge in [0.25, 0.3) is 0 Å². The Labute approximate surface area is 112 Å². The van der Waals surface area contributed by atoms with Gasteiger partial charge in [-0.25, -0.2) is 0 Å². The molecule has 0 fully saturated rings. The summed E-state index contributed by atoms with van der Waals surface area (Å²) in [5.74, 6) is -0.0222. The Bertz CT molecular complexity index is 425. The van der Waals surface area contributed by atoms with Gasteiger partial charge in [-0.3, -0.25) is 4.79 Å². The first-order valence-corrected chi connectivity index (χ1v) is 6.26. The van der Waals surface area contributed by atoms with Gasteiger partial charge in [0.1, 0.15) is 0 Å². The van der Waals surface area contributed by atoms with Gasteiger partial charge in [-0.1, -0.05) is 35.3 Å². The van der Waals surface area contributed by atoms with Crippen LogP contribution in [0.5, 0.6) is 0 Å². The lowest BCUT2D eigenvalue weighted by molar-refractivity contribution is -0.125. The molecular weight excluding hydrogens is 257 g/mol. The zero-order valence-electron chi connectivity index (χ0n) is 9.91. The zero-order chi connectivity index (χ0) is 12.8. The number of carbonyl (C=O) groups is 1. The van der Waals surface area contributed by atoms with Crippen molar-refractivity contribution in [3.63, 3.8) is 0 Å². The van der Waals surface area contributed by atoms with Crippen molar-refractivity contribution in [2.45, 2.75) is 13.8 Å². The minimum Gasteiger partial charge on any atom is -0.340 e. The lowest BCUT2D eigenvalue weighted by Crippen LogP contribution is -2.28. The van der Waals surface area contributed by atoms with Crippen LogP contribution in [0.3, 0.4) is 0 Å². The van der Waals surface area contributed by atoms with Gasteiger partial charge in [-0.2, -0.15) is 0 Å². The average molecular weight is 272 g/mol. The highest BCUT2D eigenvalue weighted by atomic mass is 35.5. The van der Waals surface area contributed by atoms with Crippen LogP contribution >= 0.6 is 23.2 Å². The highest BCUT2D eigenvalue weighted by Crippen LogP contribution is 2.26. The summed E-state index contributed by atoms with van der Waals surface area (Å²) in [5, 5.41) is 0.960. The third-order valence-corrected chi connectivity index (χ3v) is 3.30. The third kappa shape index (κ3) is 3.76. The maximum Gasteiger partial charge on any atom is 0.246 e. The van der Waals surface area contributed by atoms with E-state index in [1.54, 1.807) is 23.1 Å². The summed E-state index contributed by atoms with van der Waals surface area (Å²) in [6.07, 6.45) is 3.21. The molecule has 0 saturated carbocycles. The molecule has 0 aliphatic carbocycles. The smallest absolute Gasteiger partial charge is 0.246 e. The standard InChI is InChI=1S/C13H15Cl2NO/c1-3-16(4-2)12(17)9-8-10-6-5-7-11(14)13(10)15/h5-9H,3-4H2,1-2H3. The number of carbonyl (C=O) groups excluding carboxylic acids is 1. The van der Waals surface area contributed by atoms with Crippen molar-refractivity contribution in [3.05, 3.63) is 39.9 Å². The van der Waals surface area contributed by atoms with Crippen molar-refractivity contribution in [2.24, 2.45) is 0 Å². The Morgan fingerprint density at radius 1 is 1.29 bits per heavy atom. The van der Waals surface area contributed by atoms with E-state index in [1.807, 2.05) is 19.9 Å². The van der Waals surface area contributed by atoms with Crippen LogP contribution in [0.4, 0.5) is 0 Å². The van der Waals surface area contributed by atoms with E-state index >= 15 is 0 Å². The van der Waals surface area contributed by atoms with Crippen molar-refractivity contribution >= 4 is 35.2 Å². The maximum atomic E-state index is 11.7. The molecule has 92 valence electrons. The molecule has 0 atom stereocenters. The van der Waals surface area contributed by atoms with E-state index in [0.29, 0.717) is 23.1 Å². The van der Waals surface area contributed by atoms with E-state index in [9.17, 15) is 4.79 Å². The number of halogens is 2.